The van der Waals surface area contributed by atoms with Gasteiger partial charge in [0, 0.05) is 28.9 Å². The zero-order valence-corrected chi connectivity index (χ0v) is 13.2. The number of amides is 1. The van der Waals surface area contributed by atoms with E-state index in [-0.39, 0.29) is 5.91 Å². The number of hydrogen-bond donors (Lipinski definition) is 1. The monoisotopic (exact) mass is 323 g/mol. The van der Waals surface area contributed by atoms with Crippen LogP contribution in [0.25, 0.3) is 6.08 Å². The topological polar surface area (TPSA) is 46.9 Å². The summed E-state index contributed by atoms with van der Waals surface area (Å²) in [5.41, 5.74) is 2.46. The third-order valence-electron chi connectivity index (χ3n) is 3.04. The maximum atomic E-state index is 11.9. The fourth-order valence-electron chi connectivity index (χ4n) is 1.87. The summed E-state index contributed by atoms with van der Waals surface area (Å²) in [4.78, 5) is 11.9. The van der Waals surface area contributed by atoms with E-state index in [1.807, 2.05) is 18.5 Å². The molecule has 2 aromatic rings. The molecule has 1 N–H and O–H groups in total. The number of nitrogens with zero attached hydrogens (tertiary/aromatic N) is 2. The maximum Gasteiger partial charge on any atom is 0.248 e. The van der Waals surface area contributed by atoms with Crippen LogP contribution in [0.3, 0.4) is 0 Å². The van der Waals surface area contributed by atoms with E-state index < -0.39 is 0 Å². The number of nitrogens with one attached hydrogen (secondary N) is 1. The predicted octanol–water partition coefficient (Wildman–Crippen LogP) is 4.17. The third kappa shape index (κ3) is 3.86. The summed E-state index contributed by atoms with van der Waals surface area (Å²) in [7, 11) is 0. The first-order valence-electron chi connectivity index (χ1n) is 6.47. The summed E-state index contributed by atoms with van der Waals surface area (Å²) in [6.07, 6.45) is 4.92. The second-order valence-electron chi connectivity index (χ2n) is 4.45. The lowest BCUT2D eigenvalue weighted by Crippen LogP contribution is -2.08. The van der Waals surface area contributed by atoms with Crippen molar-refractivity contribution in [1.29, 1.82) is 0 Å². The van der Waals surface area contributed by atoms with E-state index >= 15 is 0 Å². The molecule has 0 radical (unpaired) electrons. The molecule has 2 rings (SSSR count). The van der Waals surface area contributed by atoms with Crippen molar-refractivity contribution in [1.82, 2.24) is 9.78 Å². The highest BCUT2D eigenvalue weighted by molar-refractivity contribution is 6.36. The Bertz CT molecular complexity index is 692. The minimum absolute atomic E-state index is 0.261. The standard InChI is InChI=1S/C15H15Cl2N3O/c1-3-20-10(2)11(9-18-20)4-7-15(21)19-14-6-5-12(16)8-13(14)17/h4-9H,3H2,1-2H3,(H,19,21)/b7-4+. The Morgan fingerprint density at radius 1 is 1.43 bits per heavy atom. The molecular weight excluding hydrogens is 309 g/mol. The maximum absolute atomic E-state index is 11.9. The number of carbonyl (C=O) groups is 1. The van der Waals surface area contributed by atoms with Crippen molar-refractivity contribution >= 4 is 40.9 Å². The summed E-state index contributed by atoms with van der Waals surface area (Å²) in [6.45, 7) is 4.78. The van der Waals surface area contributed by atoms with Crippen molar-refractivity contribution in [2.24, 2.45) is 0 Å². The van der Waals surface area contributed by atoms with Crippen LogP contribution in [-0.2, 0) is 11.3 Å². The molecule has 6 heteroatoms. The highest BCUT2D eigenvalue weighted by Crippen LogP contribution is 2.25. The van der Waals surface area contributed by atoms with Gasteiger partial charge in [-0.3, -0.25) is 9.48 Å². The van der Waals surface area contributed by atoms with E-state index in [4.69, 9.17) is 23.2 Å². The number of halogens is 2. The zero-order valence-electron chi connectivity index (χ0n) is 11.7. The van der Waals surface area contributed by atoms with E-state index in [0.717, 1.165) is 17.8 Å². The molecule has 0 fully saturated rings. The molecular formula is C15H15Cl2N3O. The first kappa shape index (κ1) is 15.6. The molecule has 0 aliphatic rings. The molecule has 0 saturated carbocycles. The average molecular weight is 324 g/mol. The van der Waals surface area contributed by atoms with Gasteiger partial charge >= 0.3 is 0 Å². The molecule has 1 aromatic heterocycles. The van der Waals surface area contributed by atoms with Crippen LogP contribution in [0, 0.1) is 6.92 Å². The molecule has 0 saturated heterocycles. The number of benzene rings is 1. The predicted molar refractivity (Wildman–Crippen MR) is 86.8 cm³/mol. The summed E-state index contributed by atoms with van der Waals surface area (Å²) in [5, 5.41) is 7.85. The minimum Gasteiger partial charge on any atom is -0.321 e. The van der Waals surface area contributed by atoms with Crippen LogP contribution in [0.4, 0.5) is 5.69 Å². The molecule has 0 atom stereocenters. The number of carbonyl (C=O) groups excluding carboxylic acids is 1. The van der Waals surface area contributed by atoms with Crippen molar-refractivity contribution in [3.8, 4) is 0 Å². The van der Waals surface area contributed by atoms with Crippen molar-refractivity contribution in [2.45, 2.75) is 20.4 Å². The Morgan fingerprint density at radius 3 is 2.81 bits per heavy atom. The normalized spacial score (nSPS) is 11.0. The third-order valence-corrected chi connectivity index (χ3v) is 3.59. The molecule has 1 aromatic carbocycles. The number of rotatable bonds is 4. The van der Waals surface area contributed by atoms with E-state index in [2.05, 4.69) is 10.4 Å². The lowest BCUT2D eigenvalue weighted by atomic mass is 10.2. The quantitative estimate of drug-likeness (QED) is 0.858. The first-order chi connectivity index (χ1) is 10.0. The van der Waals surface area contributed by atoms with Gasteiger partial charge in [0.1, 0.15) is 0 Å². The van der Waals surface area contributed by atoms with Crippen molar-refractivity contribution in [3.63, 3.8) is 0 Å². The van der Waals surface area contributed by atoms with E-state index in [9.17, 15) is 4.79 Å². The SMILES string of the molecule is CCn1ncc(/C=C/C(=O)Nc2ccc(Cl)cc2Cl)c1C. The smallest absolute Gasteiger partial charge is 0.248 e. The Morgan fingerprint density at radius 2 is 2.19 bits per heavy atom. The van der Waals surface area contributed by atoms with E-state index in [0.29, 0.717) is 15.7 Å². The summed E-state index contributed by atoms with van der Waals surface area (Å²) >= 11 is 11.8. The first-order valence-corrected chi connectivity index (χ1v) is 7.23. The molecule has 0 bridgehead atoms. The van der Waals surface area contributed by atoms with Gasteiger partial charge < -0.3 is 5.32 Å². The molecule has 0 aliphatic heterocycles. The Balaban J connectivity index is 2.07. The molecule has 21 heavy (non-hydrogen) atoms. The molecule has 0 unspecified atom stereocenters. The van der Waals surface area contributed by atoms with Crippen molar-refractivity contribution < 1.29 is 4.79 Å². The van der Waals surface area contributed by atoms with Gasteiger partial charge in [-0.05, 0) is 38.1 Å². The Hall–Kier alpha value is -1.78. The van der Waals surface area contributed by atoms with Gasteiger partial charge in [0.25, 0.3) is 0 Å². The molecule has 1 heterocycles. The molecule has 4 nitrogen and oxygen atoms in total. The van der Waals surface area contributed by atoms with E-state index in [1.54, 1.807) is 30.5 Å². The largest absolute Gasteiger partial charge is 0.321 e. The highest BCUT2D eigenvalue weighted by atomic mass is 35.5. The average Bonchev–Trinajstić information content (AvgIpc) is 2.80. The lowest BCUT2D eigenvalue weighted by molar-refractivity contribution is -0.111. The van der Waals surface area contributed by atoms with Gasteiger partial charge in [-0.15, -0.1) is 0 Å². The second-order valence-corrected chi connectivity index (χ2v) is 5.29. The zero-order chi connectivity index (χ0) is 15.4. The van der Waals surface area contributed by atoms with Crippen LogP contribution in [0.5, 0.6) is 0 Å². The van der Waals surface area contributed by atoms with Crippen molar-refractivity contribution in [2.75, 3.05) is 5.32 Å². The van der Waals surface area contributed by atoms with Crippen LogP contribution in [0.1, 0.15) is 18.2 Å². The minimum atomic E-state index is -0.261. The van der Waals surface area contributed by atoms with Crippen molar-refractivity contribution in [3.05, 3.63) is 51.8 Å². The highest BCUT2D eigenvalue weighted by Gasteiger charge is 2.05. The molecule has 110 valence electrons. The van der Waals surface area contributed by atoms with Crippen LogP contribution < -0.4 is 5.32 Å². The van der Waals surface area contributed by atoms with Gasteiger partial charge in [-0.25, -0.2) is 0 Å². The van der Waals surface area contributed by atoms with Gasteiger partial charge in [-0.1, -0.05) is 23.2 Å². The van der Waals surface area contributed by atoms with E-state index in [1.165, 1.54) is 6.08 Å². The van der Waals surface area contributed by atoms with Gasteiger partial charge in [-0.2, -0.15) is 5.10 Å². The second kappa shape index (κ2) is 6.78. The van der Waals surface area contributed by atoms with Crippen LogP contribution in [-0.4, -0.2) is 15.7 Å². The van der Waals surface area contributed by atoms with Gasteiger partial charge in [0.05, 0.1) is 16.9 Å². The lowest BCUT2D eigenvalue weighted by Gasteiger charge is -2.04. The fraction of sp³-hybridized carbons (Fsp3) is 0.200. The molecule has 0 aliphatic carbocycles. The fourth-order valence-corrected chi connectivity index (χ4v) is 2.33. The van der Waals surface area contributed by atoms with Crippen LogP contribution in [0.15, 0.2) is 30.5 Å². The number of anilines is 1. The van der Waals surface area contributed by atoms with Crippen LogP contribution >= 0.6 is 23.2 Å². The van der Waals surface area contributed by atoms with Crippen LogP contribution in [0.2, 0.25) is 10.0 Å². The molecule has 1 amide bonds. The summed E-state index contributed by atoms with van der Waals surface area (Å²) in [5.74, 6) is -0.261. The number of aromatic nitrogens is 2. The van der Waals surface area contributed by atoms with Gasteiger partial charge in [0.2, 0.25) is 5.91 Å². The Kier molecular flexibility index (Phi) is 5.04. The number of hydrogen-bond acceptors (Lipinski definition) is 2. The Labute approximate surface area is 133 Å². The number of aryl methyl sites for hydroxylation is 1. The summed E-state index contributed by atoms with van der Waals surface area (Å²) < 4.78 is 1.87. The molecule has 0 spiro atoms. The van der Waals surface area contributed by atoms with Gasteiger partial charge in [0.15, 0.2) is 0 Å². The summed E-state index contributed by atoms with van der Waals surface area (Å²) in [6, 6.07) is 4.91.